The molecule has 2 atom stereocenters. The van der Waals surface area contributed by atoms with E-state index in [9.17, 15) is 4.79 Å². The fraction of sp³-hybridized carbons (Fsp3) is 0.500. The van der Waals surface area contributed by atoms with Crippen LogP contribution in [0.5, 0.6) is 0 Å². The monoisotopic (exact) mass is 139 g/mol. The van der Waals surface area contributed by atoms with Gasteiger partial charge in [0.15, 0.2) is 0 Å². The lowest BCUT2D eigenvalue weighted by Crippen LogP contribution is -2.12. The molecule has 54 valence electrons. The molecule has 0 fully saturated rings. The molecule has 4 nitrogen and oxygen atoms in total. The predicted octanol–water partition coefficient (Wildman–Crippen LogP) is 1.69. The van der Waals surface area contributed by atoms with Gasteiger partial charge in [0.2, 0.25) is 0 Å². The van der Waals surface area contributed by atoms with Crippen LogP contribution in [0.3, 0.4) is 0 Å². The van der Waals surface area contributed by atoms with Gasteiger partial charge in [-0.2, -0.15) is 0 Å². The zero-order chi connectivity index (χ0) is 7.98. The first kappa shape index (κ1) is 8.72. The van der Waals surface area contributed by atoms with Gasteiger partial charge >= 0.3 is 0 Å². The highest BCUT2D eigenvalue weighted by Gasteiger charge is 2.09. The van der Waals surface area contributed by atoms with E-state index in [1.807, 2.05) is 0 Å². The van der Waals surface area contributed by atoms with Gasteiger partial charge in [0, 0.05) is 10.8 Å². The summed E-state index contributed by atoms with van der Waals surface area (Å²) >= 11 is 0. The topological polar surface area (TPSA) is 65.8 Å². The number of hydrogen-bond donors (Lipinski definition) is 0. The van der Waals surface area contributed by atoms with Gasteiger partial charge < -0.3 is 4.79 Å². The maximum absolute atomic E-state index is 10.1. The molecule has 0 aromatic rings. The van der Waals surface area contributed by atoms with Crippen molar-refractivity contribution >= 4 is 6.29 Å². The Morgan fingerprint density at radius 2 is 2.40 bits per heavy atom. The van der Waals surface area contributed by atoms with Crippen LogP contribution in [0, 0.1) is 5.92 Å². The number of nitrogens with zero attached hydrogens (tertiary/aromatic N) is 3. The predicted molar refractivity (Wildman–Crippen MR) is 38.4 cm³/mol. The summed E-state index contributed by atoms with van der Waals surface area (Å²) in [6, 6.07) is -0.414. The average molecular weight is 139 g/mol. The van der Waals surface area contributed by atoms with Crippen LogP contribution in [0.25, 0.3) is 10.4 Å². The summed E-state index contributed by atoms with van der Waals surface area (Å²) < 4.78 is 0. The average Bonchev–Trinajstić information content (AvgIpc) is 1.99. The molecule has 0 spiro atoms. The van der Waals surface area contributed by atoms with Crippen molar-refractivity contribution in [2.24, 2.45) is 11.0 Å². The minimum absolute atomic E-state index is 0.284. The minimum atomic E-state index is -0.414. The Morgan fingerprint density at radius 3 is 2.70 bits per heavy atom. The molecule has 0 aliphatic rings. The van der Waals surface area contributed by atoms with E-state index >= 15 is 0 Å². The summed E-state index contributed by atoms with van der Waals surface area (Å²) in [5.74, 6) is -0.284. The van der Waals surface area contributed by atoms with Crippen molar-refractivity contribution < 1.29 is 4.79 Å². The standard InChI is InChI=1S/C6H9N3O/c1-3-6(8-9-7)5(2)4-10/h3-6H,1H2,2H3/t5-,6-/m1/s1. The van der Waals surface area contributed by atoms with E-state index in [4.69, 9.17) is 5.53 Å². The lowest BCUT2D eigenvalue weighted by Gasteiger charge is -2.06. The van der Waals surface area contributed by atoms with Crippen LogP contribution >= 0.6 is 0 Å². The van der Waals surface area contributed by atoms with Gasteiger partial charge in [-0.3, -0.25) is 0 Å². The molecule has 0 saturated heterocycles. The van der Waals surface area contributed by atoms with Gasteiger partial charge in [0.05, 0.1) is 6.04 Å². The Balaban J connectivity index is 4.17. The van der Waals surface area contributed by atoms with Crippen LogP contribution in [0.2, 0.25) is 0 Å². The van der Waals surface area contributed by atoms with Crippen LogP contribution in [0.4, 0.5) is 0 Å². The third-order valence-corrected chi connectivity index (χ3v) is 1.18. The lowest BCUT2D eigenvalue weighted by atomic mass is 10.1. The highest BCUT2D eigenvalue weighted by atomic mass is 16.1. The SMILES string of the molecule is C=C[C@@H](N=[N+]=[N-])[C@H](C)C=O. The Hall–Kier alpha value is -1.28. The highest BCUT2D eigenvalue weighted by molar-refractivity contribution is 5.54. The summed E-state index contributed by atoms with van der Waals surface area (Å²) in [5, 5.41) is 3.34. The number of hydrogen-bond acceptors (Lipinski definition) is 2. The fourth-order valence-electron chi connectivity index (χ4n) is 0.507. The Kier molecular flexibility index (Phi) is 4.00. The minimum Gasteiger partial charge on any atom is -0.303 e. The summed E-state index contributed by atoms with van der Waals surface area (Å²) in [6.45, 7) is 5.10. The number of rotatable bonds is 4. The summed E-state index contributed by atoms with van der Waals surface area (Å²) in [7, 11) is 0. The van der Waals surface area contributed by atoms with Crippen LogP contribution in [-0.2, 0) is 4.79 Å². The molecule has 0 radical (unpaired) electrons. The molecule has 0 bridgehead atoms. The van der Waals surface area contributed by atoms with Crippen molar-refractivity contribution in [2.75, 3.05) is 0 Å². The van der Waals surface area contributed by atoms with Gasteiger partial charge in [-0.15, -0.1) is 6.58 Å². The second-order valence-electron chi connectivity index (χ2n) is 1.93. The summed E-state index contributed by atoms with van der Waals surface area (Å²) in [5.41, 5.74) is 8.01. The van der Waals surface area contributed by atoms with Gasteiger partial charge in [-0.1, -0.05) is 18.1 Å². The molecule has 0 aromatic heterocycles. The molecule has 0 aliphatic carbocycles. The zero-order valence-corrected chi connectivity index (χ0v) is 5.77. The Bertz CT molecular complexity index is 172. The normalized spacial score (nSPS) is 14.5. The molecular weight excluding hydrogens is 130 g/mol. The molecule has 10 heavy (non-hydrogen) atoms. The molecule has 0 N–H and O–H groups in total. The number of aldehydes is 1. The fourth-order valence-corrected chi connectivity index (χ4v) is 0.507. The molecular formula is C6H9N3O. The molecule has 0 aromatic carbocycles. The first-order valence-electron chi connectivity index (χ1n) is 2.88. The van der Waals surface area contributed by atoms with Crippen LogP contribution in [0.15, 0.2) is 17.8 Å². The second-order valence-corrected chi connectivity index (χ2v) is 1.93. The van der Waals surface area contributed by atoms with Gasteiger partial charge in [-0.05, 0) is 5.53 Å². The van der Waals surface area contributed by atoms with Crippen molar-refractivity contribution in [3.8, 4) is 0 Å². The van der Waals surface area contributed by atoms with Gasteiger partial charge in [0.1, 0.15) is 6.29 Å². The molecule has 0 aliphatic heterocycles. The van der Waals surface area contributed by atoms with Crippen LogP contribution in [0.1, 0.15) is 6.92 Å². The van der Waals surface area contributed by atoms with Crippen molar-refractivity contribution in [1.29, 1.82) is 0 Å². The molecule has 0 rings (SSSR count). The third kappa shape index (κ3) is 2.33. The lowest BCUT2D eigenvalue weighted by molar-refractivity contribution is -0.110. The molecule has 0 unspecified atom stereocenters. The quantitative estimate of drug-likeness (QED) is 0.192. The Morgan fingerprint density at radius 1 is 1.80 bits per heavy atom. The largest absolute Gasteiger partial charge is 0.303 e. The maximum Gasteiger partial charge on any atom is 0.123 e. The first-order valence-corrected chi connectivity index (χ1v) is 2.88. The second kappa shape index (κ2) is 4.58. The van der Waals surface area contributed by atoms with Crippen molar-refractivity contribution in [3.63, 3.8) is 0 Å². The number of carbonyl (C=O) groups excluding carboxylic acids is 1. The van der Waals surface area contributed by atoms with E-state index in [1.165, 1.54) is 6.08 Å². The van der Waals surface area contributed by atoms with E-state index in [2.05, 4.69) is 16.6 Å². The van der Waals surface area contributed by atoms with Crippen molar-refractivity contribution in [1.82, 2.24) is 0 Å². The molecule has 0 heterocycles. The van der Waals surface area contributed by atoms with Crippen molar-refractivity contribution in [3.05, 3.63) is 23.1 Å². The third-order valence-electron chi connectivity index (χ3n) is 1.18. The van der Waals surface area contributed by atoms with E-state index in [1.54, 1.807) is 6.92 Å². The molecule has 0 saturated carbocycles. The highest BCUT2D eigenvalue weighted by Crippen LogP contribution is 2.04. The van der Waals surface area contributed by atoms with E-state index < -0.39 is 6.04 Å². The van der Waals surface area contributed by atoms with Crippen molar-refractivity contribution in [2.45, 2.75) is 13.0 Å². The van der Waals surface area contributed by atoms with E-state index in [0.717, 1.165) is 6.29 Å². The first-order chi connectivity index (χ1) is 4.76. The van der Waals surface area contributed by atoms with E-state index in [0.29, 0.717) is 0 Å². The number of azide groups is 1. The zero-order valence-electron chi connectivity index (χ0n) is 5.77. The van der Waals surface area contributed by atoms with E-state index in [-0.39, 0.29) is 5.92 Å². The smallest absolute Gasteiger partial charge is 0.123 e. The van der Waals surface area contributed by atoms with Gasteiger partial charge in [0.25, 0.3) is 0 Å². The molecule has 0 amide bonds. The Labute approximate surface area is 59.2 Å². The van der Waals surface area contributed by atoms with Gasteiger partial charge in [-0.25, -0.2) is 0 Å². The summed E-state index contributed by atoms with van der Waals surface area (Å²) in [4.78, 5) is 12.7. The summed E-state index contributed by atoms with van der Waals surface area (Å²) in [6.07, 6.45) is 2.19. The molecule has 4 heteroatoms. The number of carbonyl (C=O) groups is 1. The van der Waals surface area contributed by atoms with Crippen LogP contribution < -0.4 is 0 Å². The maximum atomic E-state index is 10.1. The van der Waals surface area contributed by atoms with Crippen LogP contribution in [-0.4, -0.2) is 12.3 Å².